The number of aromatic nitrogens is 4. The van der Waals surface area contributed by atoms with Crippen LogP contribution < -0.4 is 5.73 Å². The van der Waals surface area contributed by atoms with E-state index in [0.717, 1.165) is 11.1 Å². The van der Waals surface area contributed by atoms with Gasteiger partial charge in [0, 0.05) is 11.2 Å². The van der Waals surface area contributed by atoms with E-state index in [9.17, 15) is 0 Å². The van der Waals surface area contributed by atoms with E-state index in [1.165, 1.54) is 0 Å². The third kappa shape index (κ3) is 2.51. The standard InChI is InChI=1S/C17H12ClN5/c18-13-6-4-11(5-7-13)12-9-15(19)23-16(10-12)21-17(22-23)14-3-1-2-8-20-14/h1-10H,19H2. The molecule has 0 amide bonds. The number of fused-ring (bicyclic) bond motifs is 1. The van der Waals surface area contributed by atoms with Gasteiger partial charge < -0.3 is 5.73 Å². The molecule has 0 aliphatic heterocycles. The van der Waals surface area contributed by atoms with Crippen LogP contribution in [-0.2, 0) is 0 Å². The fourth-order valence-corrected chi connectivity index (χ4v) is 2.55. The summed E-state index contributed by atoms with van der Waals surface area (Å²) in [7, 11) is 0. The number of nitrogens with two attached hydrogens (primary N) is 1. The number of pyridine rings is 2. The summed E-state index contributed by atoms with van der Waals surface area (Å²) < 4.78 is 1.61. The molecule has 23 heavy (non-hydrogen) atoms. The van der Waals surface area contributed by atoms with Gasteiger partial charge in [-0.2, -0.15) is 4.52 Å². The number of hydrogen-bond acceptors (Lipinski definition) is 4. The Morgan fingerprint density at radius 1 is 0.957 bits per heavy atom. The molecule has 5 nitrogen and oxygen atoms in total. The minimum Gasteiger partial charge on any atom is -0.384 e. The van der Waals surface area contributed by atoms with Gasteiger partial charge in [-0.3, -0.25) is 4.98 Å². The van der Waals surface area contributed by atoms with Gasteiger partial charge in [0.05, 0.1) is 0 Å². The second-order valence-corrected chi connectivity index (χ2v) is 5.53. The molecule has 0 fully saturated rings. The average molecular weight is 322 g/mol. The van der Waals surface area contributed by atoms with Crippen molar-refractivity contribution in [2.75, 3.05) is 5.73 Å². The van der Waals surface area contributed by atoms with Gasteiger partial charge in [-0.1, -0.05) is 29.8 Å². The van der Waals surface area contributed by atoms with Crippen LogP contribution in [-0.4, -0.2) is 19.6 Å². The average Bonchev–Trinajstić information content (AvgIpc) is 3.01. The first kappa shape index (κ1) is 13.7. The molecule has 0 bridgehead atoms. The molecule has 0 spiro atoms. The zero-order valence-corrected chi connectivity index (χ0v) is 12.8. The fraction of sp³-hybridized carbons (Fsp3) is 0. The maximum absolute atomic E-state index is 6.13. The van der Waals surface area contributed by atoms with Gasteiger partial charge >= 0.3 is 0 Å². The Hall–Kier alpha value is -2.92. The summed E-state index contributed by atoms with van der Waals surface area (Å²) in [6.45, 7) is 0. The molecular formula is C17H12ClN5. The van der Waals surface area contributed by atoms with Gasteiger partial charge in [0.1, 0.15) is 11.5 Å². The number of rotatable bonds is 2. The molecule has 1 aromatic carbocycles. The molecular weight excluding hydrogens is 310 g/mol. The van der Waals surface area contributed by atoms with Crippen molar-refractivity contribution in [3.8, 4) is 22.6 Å². The highest BCUT2D eigenvalue weighted by atomic mass is 35.5. The van der Waals surface area contributed by atoms with Gasteiger partial charge in [-0.25, -0.2) is 4.98 Å². The molecule has 3 heterocycles. The molecule has 6 heteroatoms. The van der Waals surface area contributed by atoms with Crippen molar-refractivity contribution in [1.82, 2.24) is 19.6 Å². The summed E-state index contributed by atoms with van der Waals surface area (Å²) in [5.74, 6) is 1.06. The van der Waals surface area contributed by atoms with E-state index in [4.69, 9.17) is 17.3 Å². The van der Waals surface area contributed by atoms with Crippen LogP contribution in [0.25, 0.3) is 28.3 Å². The molecule has 2 N–H and O–H groups in total. The van der Waals surface area contributed by atoms with Gasteiger partial charge in [-0.05, 0) is 47.5 Å². The summed E-state index contributed by atoms with van der Waals surface area (Å²) in [6.07, 6.45) is 1.71. The van der Waals surface area contributed by atoms with Crippen LogP contribution in [0.4, 0.5) is 5.82 Å². The maximum Gasteiger partial charge on any atom is 0.200 e. The lowest BCUT2D eigenvalue weighted by molar-refractivity contribution is 0.975. The Labute approximate surface area is 137 Å². The van der Waals surface area contributed by atoms with E-state index in [1.807, 2.05) is 54.6 Å². The number of nitrogen functional groups attached to an aromatic ring is 1. The molecule has 0 atom stereocenters. The van der Waals surface area contributed by atoms with E-state index in [2.05, 4.69) is 15.1 Å². The maximum atomic E-state index is 6.13. The van der Waals surface area contributed by atoms with Gasteiger partial charge in [0.15, 0.2) is 5.65 Å². The van der Waals surface area contributed by atoms with Crippen molar-refractivity contribution < 1.29 is 0 Å². The van der Waals surface area contributed by atoms with Crippen LogP contribution in [0.3, 0.4) is 0 Å². The third-order valence-electron chi connectivity index (χ3n) is 3.54. The first-order valence-electron chi connectivity index (χ1n) is 7.04. The minimum absolute atomic E-state index is 0.516. The van der Waals surface area contributed by atoms with E-state index in [1.54, 1.807) is 10.7 Å². The molecule has 4 rings (SSSR count). The van der Waals surface area contributed by atoms with Crippen molar-refractivity contribution >= 4 is 23.1 Å². The Bertz CT molecular complexity index is 977. The molecule has 0 saturated carbocycles. The first-order chi connectivity index (χ1) is 11.2. The number of nitrogens with zero attached hydrogens (tertiary/aromatic N) is 4. The van der Waals surface area contributed by atoms with Crippen LogP contribution in [0.5, 0.6) is 0 Å². The van der Waals surface area contributed by atoms with Crippen molar-refractivity contribution in [3.63, 3.8) is 0 Å². The highest BCUT2D eigenvalue weighted by molar-refractivity contribution is 6.30. The molecule has 0 aliphatic carbocycles. The van der Waals surface area contributed by atoms with Crippen molar-refractivity contribution in [1.29, 1.82) is 0 Å². The lowest BCUT2D eigenvalue weighted by atomic mass is 10.1. The number of anilines is 1. The Morgan fingerprint density at radius 3 is 2.52 bits per heavy atom. The monoisotopic (exact) mass is 321 g/mol. The number of halogens is 1. The van der Waals surface area contributed by atoms with E-state index >= 15 is 0 Å². The van der Waals surface area contributed by atoms with Crippen molar-refractivity contribution in [2.24, 2.45) is 0 Å². The van der Waals surface area contributed by atoms with Crippen molar-refractivity contribution in [3.05, 3.63) is 65.8 Å². The van der Waals surface area contributed by atoms with Crippen molar-refractivity contribution in [2.45, 2.75) is 0 Å². The summed E-state index contributed by atoms with van der Waals surface area (Å²) in [4.78, 5) is 8.80. The largest absolute Gasteiger partial charge is 0.384 e. The zero-order chi connectivity index (χ0) is 15.8. The summed E-state index contributed by atoms with van der Waals surface area (Å²) in [5, 5.41) is 5.13. The SMILES string of the molecule is Nc1cc(-c2ccc(Cl)cc2)cc2nc(-c3ccccn3)nn12. The second-order valence-electron chi connectivity index (χ2n) is 5.10. The highest BCUT2D eigenvalue weighted by Gasteiger charge is 2.11. The summed E-state index contributed by atoms with van der Waals surface area (Å²) >= 11 is 5.94. The number of benzene rings is 1. The molecule has 4 aromatic rings. The van der Waals surface area contributed by atoms with Crippen LogP contribution in [0, 0.1) is 0 Å². The van der Waals surface area contributed by atoms with E-state index in [0.29, 0.717) is 28.0 Å². The second kappa shape index (κ2) is 5.37. The minimum atomic E-state index is 0.516. The number of hydrogen-bond donors (Lipinski definition) is 1. The molecule has 3 aromatic heterocycles. The quantitative estimate of drug-likeness (QED) is 0.611. The lowest BCUT2D eigenvalue weighted by Gasteiger charge is -2.04. The molecule has 0 saturated heterocycles. The van der Waals surface area contributed by atoms with Gasteiger partial charge in [0.2, 0.25) is 5.82 Å². The van der Waals surface area contributed by atoms with Crippen LogP contribution in [0.2, 0.25) is 5.02 Å². The fourth-order valence-electron chi connectivity index (χ4n) is 2.42. The Morgan fingerprint density at radius 2 is 1.78 bits per heavy atom. The Balaban J connectivity index is 1.86. The smallest absolute Gasteiger partial charge is 0.200 e. The molecule has 112 valence electrons. The predicted molar refractivity (Wildman–Crippen MR) is 91.1 cm³/mol. The predicted octanol–water partition coefficient (Wildman–Crippen LogP) is 3.69. The molecule has 0 radical (unpaired) electrons. The van der Waals surface area contributed by atoms with Crippen LogP contribution in [0.1, 0.15) is 0 Å². The Kier molecular flexibility index (Phi) is 3.20. The van der Waals surface area contributed by atoms with Gasteiger partial charge in [-0.15, -0.1) is 5.10 Å². The van der Waals surface area contributed by atoms with Crippen LogP contribution >= 0.6 is 11.6 Å². The van der Waals surface area contributed by atoms with E-state index < -0.39 is 0 Å². The normalized spacial score (nSPS) is 11.0. The lowest BCUT2D eigenvalue weighted by Crippen LogP contribution is -1.99. The van der Waals surface area contributed by atoms with Gasteiger partial charge in [0.25, 0.3) is 0 Å². The first-order valence-corrected chi connectivity index (χ1v) is 7.42. The van der Waals surface area contributed by atoms with Crippen LogP contribution in [0.15, 0.2) is 60.8 Å². The summed E-state index contributed by atoms with van der Waals surface area (Å²) in [5.41, 5.74) is 9.50. The highest BCUT2D eigenvalue weighted by Crippen LogP contribution is 2.26. The zero-order valence-electron chi connectivity index (χ0n) is 12.0. The summed E-state index contributed by atoms with van der Waals surface area (Å²) in [6, 6.07) is 17.0. The topological polar surface area (TPSA) is 69.1 Å². The third-order valence-corrected chi connectivity index (χ3v) is 3.79. The van der Waals surface area contributed by atoms with E-state index in [-0.39, 0.29) is 0 Å². The molecule has 0 aliphatic rings. The molecule has 0 unspecified atom stereocenters.